The van der Waals surface area contributed by atoms with Gasteiger partial charge in [-0.1, -0.05) is 35.3 Å². The standard InChI is InChI=1S/C21H19Cl2FN6O/c1-12-9-13(2)27-20(26-12)29-19(25-11-14-3-5-15(24)6-4-14)30-21(31)28-16-7-8-17(22)18(23)10-16/h3-10H,11H2,1-2H3,(H3,25,26,27,28,29,30,31). The molecule has 0 aliphatic rings. The van der Waals surface area contributed by atoms with Crippen LogP contribution in [0.25, 0.3) is 0 Å². The third-order valence-electron chi connectivity index (χ3n) is 3.95. The number of hydrogen-bond donors (Lipinski definition) is 3. The topological polar surface area (TPSA) is 91.3 Å². The van der Waals surface area contributed by atoms with Gasteiger partial charge in [0, 0.05) is 17.1 Å². The van der Waals surface area contributed by atoms with E-state index in [9.17, 15) is 9.18 Å². The van der Waals surface area contributed by atoms with Crippen molar-refractivity contribution in [3.8, 4) is 0 Å². The van der Waals surface area contributed by atoms with Crippen LogP contribution < -0.4 is 16.0 Å². The molecule has 3 N–H and O–H groups in total. The molecule has 1 heterocycles. The molecule has 0 aliphatic heterocycles. The zero-order valence-corrected chi connectivity index (χ0v) is 18.2. The van der Waals surface area contributed by atoms with E-state index in [1.165, 1.54) is 18.2 Å². The highest BCUT2D eigenvalue weighted by Crippen LogP contribution is 2.24. The van der Waals surface area contributed by atoms with Gasteiger partial charge in [-0.25, -0.2) is 24.1 Å². The van der Waals surface area contributed by atoms with Gasteiger partial charge in [0.25, 0.3) is 0 Å². The largest absolute Gasteiger partial charge is 0.326 e. The number of aliphatic imine (C=N–C) groups is 1. The highest BCUT2D eigenvalue weighted by molar-refractivity contribution is 6.42. The lowest BCUT2D eigenvalue weighted by molar-refractivity contribution is 0.256. The molecule has 0 radical (unpaired) electrons. The molecule has 160 valence electrons. The van der Waals surface area contributed by atoms with Crippen LogP contribution in [0.5, 0.6) is 0 Å². The lowest BCUT2D eigenvalue weighted by Crippen LogP contribution is -2.39. The van der Waals surface area contributed by atoms with Gasteiger partial charge in [0.1, 0.15) is 5.82 Å². The molecular weight excluding hydrogens is 442 g/mol. The maximum atomic E-state index is 13.1. The van der Waals surface area contributed by atoms with E-state index in [1.807, 2.05) is 19.9 Å². The first kappa shape index (κ1) is 22.5. The van der Waals surface area contributed by atoms with Crippen LogP contribution in [0.2, 0.25) is 10.0 Å². The quantitative estimate of drug-likeness (QED) is 0.362. The van der Waals surface area contributed by atoms with E-state index in [0.29, 0.717) is 15.7 Å². The molecular formula is C21H19Cl2FN6O. The van der Waals surface area contributed by atoms with Crippen molar-refractivity contribution >= 4 is 46.8 Å². The summed E-state index contributed by atoms with van der Waals surface area (Å²) in [5.41, 5.74) is 2.72. The first-order valence-corrected chi connectivity index (χ1v) is 9.95. The van der Waals surface area contributed by atoms with Crippen molar-refractivity contribution in [1.82, 2.24) is 15.3 Å². The molecule has 2 amide bonds. The molecule has 2 aromatic carbocycles. The van der Waals surface area contributed by atoms with Gasteiger partial charge in [-0.2, -0.15) is 0 Å². The number of guanidine groups is 1. The average Bonchev–Trinajstić information content (AvgIpc) is 2.69. The third-order valence-corrected chi connectivity index (χ3v) is 4.69. The summed E-state index contributed by atoms with van der Waals surface area (Å²) in [6.07, 6.45) is 0. The summed E-state index contributed by atoms with van der Waals surface area (Å²) in [6, 6.07) is 11.9. The van der Waals surface area contributed by atoms with Crippen LogP contribution >= 0.6 is 23.2 Å². The van der Waals surface area contributed by atoms with Gasteiger partial charge >= 0.3 is 6.03 Å². The smallest absolute Gasteiger partial charge is 0.308 e. The fourth-order valence-corrected chi connectivity index (χ4v) is 2.90. The number of aryl methyl sites for hydroxylation is 2. The minimum Gasteiger partial charge on any atom is -0.308 e. The van der Waals surface area contributed by atoms with E-state index >= 15 is 0 Å². The van der Waals surface area contributed by atoms with Gasteiger partial charge < -0.3 is 5.32 Å². The monoisotopic (exact) mass is 460 g/mol. The van der Waals surface area contributed by atoms with Crippen molar-refractivity contribution in [3.05, 3.63) is 81.3 Å². The van der Waals surface area contributed by atoms with Crippen molar-refractivity contribution in [3.63, 3.8) is 0 Å². The molecule has 0 spiro atoms. The Labute approximate surface area is 188 Å². The summed E-state index contributed by atoms with van der Waals surface area (Å²) in [4.78, 5) is 25.5. The Morgan fingerprint density at radius 2 is 1.65 bits per heavy atom. The molecule has 31 heavy (non-hydrogen) atoms. The number of rotatable bonds is 4. The lowest BCUT2D eigenvalue weighted by atomic mass is 10.2. The van der Waals surface area contributed by atoms with Crippen molar-refractivity contribution in [2.24, 2.45) is 4.99 Å². The van der Waals surface area contributed by atoms with E-state index in [2.05, 4.69) is 30.9 Å². The van der Waals surface area contributed by atoms with E-state index in [4.69, 9.17) is 23.2 Å². The predicted octanol–water partition coefficient (Wildman–Crippen LogP) is 5.33. The molecule has 0 saturated carbocycles. The number of anilines is 2. The molecule has 0 atom stereocenters. The SMILES string of the molecule is Cc1cc(C)nc(NC(=NCc2ccc(F)cc2)NC(=O)Nc2ccc(Cl)c(Cl)c2)n1. The van der Waals surface area contributed by atoms with Gasteiger partial charge in [-0.3, -0.25) is 10.6 Å². The number of nitrogens with zero attached hydrogens (tertiary/aromatic N) is 3. The van der Waals surface area contributed by atoms with E-state index in [0.717, 1.165) is 17.0 Å². The molecule has 0 unspecified atom stereocenters. The van der Waals surface area contributed by atoms with Crippen LogP contribution in [0.3, 0.4) is 0 Å². The summed E-state index contributed by atoms with van der Waals surface area (Å²) < 4.78 is 13.1. The van der Waals surface area contributed by atoms with Gasteiger partial charge in [0.15, 0.2) is 0 Å². The second-order valence-electron chi connectivity index (χ2n) is 6.60. The number of carbonyl (C=O) groups is 1. The van der Waals surface area contributed by atoms with Crippen LogP contribution in [0.4, 0.5) is 20.8 Å². The van der Waals surface area contributed by atoms with Gasteiger partial charge in [-0.05, 0) is 55.8 Å². The zero-order valence-electron chi connectivity index (χ0n) is 16.7. The number of hydrogen-bond acceptors (Lipinski definition) is 4. The predicted molar refractivity (Wildman–Crippen MR) is 121 cm³/mol. The van der Waals surface area contributed by atoms with E-state index in [-0.39, 0.29) is 24.3 Å². The lowest BCUT2D eigenvalue weighted by Gasteiger charge is -2.13. The Bertz CT molecular complexity index is 1100. The Morgan fingerprint density at radius 1 is 0.968 bits per heavy atom. The normalized spacial score (nSPS) is 11.2. The molecule has 0 aliphatic carbocycles. The maximum Gasteiger partial charge on any atom is 0.326 e. The van der Waals surface area contributed by atoms with Crippen LogP contribution in [0, 0.1) is 19.7 Å². The Morgan fingerprint density at radius 3 is 2.29 bits per heavy atom. The maximum absolute atomic E-state index is 13.1. The molecule has 0 saturated heterocycles. The summed E-state index contributed by atoms with van der Waals surface area (Å²) in [6.45, 7) is 3.86. The first-order chi connectivity index (χ1) is 14.8. The molecule has 10 heteroatoms. The number of benzene rings is 2. The number of urea groups is 1. The summed E-state index contributed by atoms with van der Waals surface area (Å²) in [7, 11) is 0. The molecule has 1 aromatic heterocycles. The van der Waals surface area contributed by atoms with Gasteiger partial charge in [-0.15, -0.1) is 0 Å². The second-order valence-corrected chi connectivity index (χ2v) is 7.41. The summed E-state index contributed by atoms with van der Waals surface area (Å²) >= 11 is 11.9. The number of halogens is 3. The zero-order chi connectivity index (χ0) is 22.4. The third kappa shape index (κ3) is 6.91. The number of nitrogens with one attached hydrogen (secondary N) is 3. The van der Waals surface area contributed by atoms with Crippen LogP contribution in [0.15, 0.2) is 53.5 Å². The van der Waals surface area contributed by atoms with E-state index in [1.54, 1.807) is 24.3 Å². The molecule has 7 nitrogen and oxygen atoms in total. The van der Waals surface area contributed by atoms with Crippen molar-refractivity contribution < 1.29 is 9.18 Å². The minimum atomic E-state index is -0.562. The van der Waals surface area contributed by atoms with Crippen molar-refractivity contribution in [1.29, 1.82) is 0 Å². The fraction of sp³-hybridized carbons (Fsp3) is 0.143. The number of aromatic nitrogens is 2. The molecule has 0 fully saturated rings. The fourth-order valence-electron chi connectivity index (χ4n) is 2.60. The second kappa shape index (κ2) is 10.2. The number of carbonyl (C=O) groups excluding carboxylic acids is 1. The van der Waals surface area contributed by atoms with Crippen LogP contribution in [-0.2, 0) is 6.54 Å². The van der Waals surface area contributed by atoms with Gasteiger partial charge in [0.05, 0.1) is 16.6 Å². The Hall–Kier alpha value is -3.23. The highest BCUT2D eigenvalue weighted by Gasteiger charge is 2.10. The van der Waals surface area contributed by atoms with Crippen LogP contribution in [-0.4, -0.2) is 22.0 Å². The summed E-state index contributed by atoms with van der Waals surface area (Å²) in [5.74, 6) is 0.0610. The number of amides is 2. The van der Waals surface area contributed by atoms with Crippen molar-refractivity contribution in [2.45, 2.75) is 20.4 Å². The van der Waals surface area contributed by atoms with Crippen LogP contribution in [0.1, 0.15) is 17.0 Å². The minimum absolute atomic E-state index is 0.117. The molecule has 3 aromatic rings. The summed E-state index contributed by atoms with van der Waals surface area (Å²) in [5, 5.41) is 8.88. The van der Waals surface area contributed by atoms with Gasteiger partial charge in [0.2, 0.25) is 11.9 Å². The Balaban J connectivity index is 1.77. The van der Waals surface area contributed by atoms with E-state index < -0.39 is 6.03 Å². The Kier molecular flexibility index (Phi) is 7.38. The first-order valence-electron chi connectivity index (χ1n) is 9.20. The average molecular weight is 461 g/mol. The highest BCUT2D eigenvalue weighted by atomic mass is 35.5. The molecule has 3 rings (SSSR count). The van der Waals surface area contributed by atoms with Crippen molar-refractivity contribution in [2.75, 3.05) is 10.6 Å². The molecule has 0 bridgehead atoms.